The fourth-order valence-corrected chi connectivity index (χ4v) is 11.6. The minimum atomic E-state index is -4.95. The molecule has 0 aliphatic heterocycles. The second kappa shape index (κ2) is 57.9. The zero-order valence-electron chi connectivity index (χ0n) is 56.6. The Morgan fingerprint density at radius 2 is 0.552 bits per heavy atom. The van der Waals surface area contributed by atoms with Crippen molar-refractivity contribution in [1.82, 2.24) is 0 Å². The highest BCUT2D eigenvalue weighted by molar-refractivity contribution is 7.47. The topological polar surface area (TPSA) is 237 Å². The van der Waals surface area contributed by atoms with E-state index < -0.39 is 97.5 Å². The molecule has 0 aliphatic rings. The summed E-state index contributed by atoms with van der Waals surface area (Å²) in [6, 6.07) is 0. The van der Waals surface area contributed by atoms with Gasteiger partial charge in [-0.25, -0.2) is 9.13 Å². The Labute approximate surface area is 530 Å². The summed E-state index contributed by atoms with van der Waals surface area (Å²) in [4.78, 5) is 72.4. The number of carbonyl (C=O) groups is 4. The van der Waals surface area contributed by atoms with Gasteiger partial charge in [-0.2, -0.15) is 0 Å². The van der Waals surface area contributed by atoms with Crippen LogP contribution in [-0.2, 0) is 65.4 Å². The van der Waals surface area contributed by atoms with Gasteiger partial charge >= 0.3 is 39.5 Å². The van der Waals surface area contributed by atoms with Crippen LogP contribution in [-0.4, -0.2) is 96.7 Å². The first-order valence-electron chi connectivity index (χ1n) is 35.3. The van der Waals surface area contributed by atoms with Gasteiger partial charge in [-0.3, -0.25) is 37.3 Å². The van der Waals surface area contributed by atoms with E-state index in [0.29, 0.717) is 25.7 Å². The van der Waals surface area contributed by atoms with Gasteiger partial charge in [0.05, 0.1) is 26.4 Å². The van der Waals surface area contributed by atoms with Crippen LogP contribution in [0.15, 0.2) is 0 Å². The van der Waals surface area contributed by atoms with E-state index in [1.807, 2.05) is 0 Å². The third-order valence-electron chi connectivity index (χ3n) is 16.7. The maximum absolute atomic E-state index is 13.0. The van der Waals surface area contributed by atoms with Crippen molar-refractivity contribution in [3.63, 3.8) is 0 Å². The van der Waals surface area contributed by atoms with Crippen LogP contribution in [0.2, 0.25) is 0 Å². The van der Waals surface area contributed by atoms with Crippen LogP contribution < -0.4 is 0 Å². The van der Waals surface area contributed by atoms with Crippen molar-refractivity contribution >= 4 is 39.5 Å². The van der Waals surface area contributed by atoms with E-state index >= 15 is 0 Å². The fourth-order valence-electron chi connectivity index (χ4n) is 10.0. The monoisotopic (exact) mass is 1280 g/mol. The zero-order chi connectivity index (χ0) is 64.7. The number of aliphatic hydroxyl groups excluding tert-OH is 1. The maximum atomic E-state index is 13.0. The second-order valence-electron chi connectivity index (χ2n) is 25.8. The van der Waals surface area contributed by atoms with Gasteiger partial charge in [-0.1, -0.05) is 280 Å². The number of phosphoric ester groups is 2. The largest absolute Gasteiger partial charge is 0.472 e. The molecule has 0 rings (SSSR count). The molecule has 0 spiro atoms. The Bertz CT molecular complexity index is 1740. The average Bonchev–Trinajstić information content (AvgIpc) is 3.71. The lowest BCUT2D eigenvalue weighted by Gasteiger charge is -2.21. The van der Waals surface area contributed by atoms with Gasteiger partial charge in [0, 0.05) is 25.7 Å². The quantitative estimate of drug-likeness (QED) is 0.0222. The SMILES string of the molecule is CCC(C)CCCCCCCCCCCCC(=O)OC[C@H](COP(=O)(O)OC[C@@H](O)COP(=O)(O)OC[C@@H](COC(=O)CCCCCCCCC(C)CC)OC(=O)CCCCCCCCCCC(C)CC)OC(=O)CCCCCCCCCCC(C)C. The first kappa shape index (κ1) is 85.1. The van der Waals surface area contributed by atoms with Gasteiger partial charge in [-0.05, 0) is 49.4 Å². The Kier molecular flexibility index (Phi) is 56.6. The van der Waals surface area contributed by atoms with Crippen LogP contribution in [0.1, 0.15) is 331 Å². The molecule has 0 amide bonds. The molecule has 0 saturated heterocycles. The third-order valence-corrected chi connectivity index (χ3v) is 18.6. The molecule has 0 heterocycles. The average molecular weight is 1280 g/mol. The summed E-state index contributed by atoms with van der Waals surface area (Å²) in [5.74, 6) is 0.893. The van der Waals surface area contributed by atoms with Gasteiger partial charge < -0.3 is 33.8 Å². The number of carbonyl (C=O) groups excluding carboxylic acids is 4. The summed E-state index contributed by atoms with van der Waals surface area (Å²) in [6.45, 7) is 14.1. The number of aliphatic hydroxyl groups is 1. The van der Waals surface area contributed by atoms with Crippen LogP contribution in [0.3, 0.4) is 0 Å². The molecule has 19 heteroatoms. The van der Waals surface area contributed by atoms with Crippen LogP contribution >= 0.6 is 15.6 Å². The molecular formula is C68H132O17P2. The Morgan fingerprint density at radius 3 is 0.816 bits per heavy atom. The highest BCUT2D eigenvalue weighted by Crippen LogP contribution is 2.45. The van der Waals surface area contributed by atoms with Gasteiger partial charge in [0.15, 0.2) is 12.2 Å². The summed E-state index contributed by atoms with van der Waals surface area (Å²) < 4.78 is 68.2. The number of hydrogen-bond donors (Lipinski definition) is 3. The van der Waals surface area contributed by atoms with E-state index in [-0.39, 0.29) is 25.7 Å². The summed E-state index contributed by atoms with van der Waals surface area (Å²) >= 11 is 0. The number of unbranched alkanes of at least 4 members (excludes halogenated alkanes) is 28. The lowest BCUT2D eigenvalue weighted by molar-refractivity contribution is -0.161. The van der Waals surface area contributed by atoms with E-state index in [4.69, 9.17) is 37.0 Å². The van der Waals surface area contributed by atoms with Gasteiger partial charge in [0.1, 0.15) is 19.3 Å². The molecule has 0 aromatic carbocycles. The molecule has 87 heavy (non-hydrogen) atoms. The number of hydrogen-bond acceptors (Lipinski definition) is 15. The van der Waals surface area contributed by atoms with E-state index in [1.165, 1.54) is 128 Å². The van der Waals surface area contributed by atoms with Crippen molar-refractivity contribution in [2.75, 3.05) is 39.6 Å². The molecule has 0 fully saturated rings. The highest BCUT2D eigenvalue weighted by atomic mass is 31.2. The molecule has 5 unspecified atom stereocenters. The molecule has 0 aromatic rings. The minimum Gasteiger partial charge on any atom is -0.462 e. The van der Waals surface area contributed by atoms with Crippen molar-refractivity contribution in [3.05, 3.63) is 0 Å². The van der Waals surface area contributed by atoms with Crippen molar-refractivity contribution in [3.8, 4) is 0 Å². The lowest BCUT2D eigenvalue weighted by Crippen LogP contribution is -2.30. The van der Waals surface area contributed by atoms with E-state index in [9.17, 15) is 43.2 Å². The summed E-state index contributed by atoms with van der Waals surface area (Å²) in [5.41, 5.74) is 0. The van der Waals surface area contributed by atoms with Crippen molar-refractivity contribution in [2.45, 2.75) is 350 Å². The Balaban J connectivity index is 5.26. The van der Waals surface area contributed by atoms with Crippen LogP contribution in [0.5, 0.6) is 0 Å². The molecule has 0 bridgehead atoms. The smallest absolute Gasteiger partial charge is 0.462 e. The first-order valence-corrected chi connectivity index (χ1v) is 38.3. The van der Waals surface area contributed by atoms with Crippen LogP contribution in [0.25, 0.3) is 0 Å². The Hall–Kier alpha value is -1.94. The fraction of sp³-hybridized carbons (Fsp3) is 0.941. The van der Waals surface area contributed by atoms with Gasteiger partial charge in [-0.15, -0.1) is 0 Å². The molecule has 17 nitrogen and oxygen atoms in total. The summed E-state index contributed by atoms with van der Waals surface area (Å²) in [5, 5.41) is 10.6. The van der Waals surface area contributed by atoms with E-state index in [1.54, 1.807) is 0 Å². The molecule has 0 radical (unpaired) electrons. The molecule has 3 N–H and O–H groups in total. The third kappa shape index (κ3) is 58.9. The summed E-state index contributed by atoms with van der Waals surface area (Å²) in [6.07, 6.45) is 38.9. The normalized spacial score (nSPS) is 15.3. The standard InChI is InChI=1S/C68H132O17P2/c1-9-59(6)45-37-29-21-14-12-13-15-23-32-40-48-65(70)78-54-63(84-67(72)50-42-34-24-18-16-20-28-36-44-58(4)5)56-82-86(74,75)80-52-62(69)53-81-87(76,77)83-57-64(55-79-66(71)49-41-33-27-26-31-39-47-61(8)11-3)85-68(73)51-43-35-25-19-17-22-30-38-46-60(7)10-2/h58-64,69H,9-57H2,1-8H3,(H,74,75)(H,76,77)/t59?,60?,61?,62-,63-,64-/m1/s1. The Morgan fingerprint density at radius 1 is 0.322 bits per heavy atom. The number of phosphoric acid groups is 2. The predicted octanol–water partition coefficient (Wildman–Crippen LogP) is 18.9. The molecule has 0 aliphatic carbocycles. The number of rotatable bonds is 65. The minimum absolute atomic E-state index is 0.103. The van der Waals surface area contributed by atoms with Gasteiger partial charge in [0.25, 0.3) is 0 Å². The van der Waals surface area contributed by atoms with Crippen LogP contribution in [0.4, 0.5) is 0 Å². The maximum Gasteiger partial charge on any atom is 0.472 e. The molecule has 0 saturated carbocycles. The summed E-state index contributed by atoms with van der Waals surface area (Å²) in [7, 11) is -9.90. The van der Waals surface area contributed by atoms with Crippen LogP contribution in [0, 0.1) is 23.7 Å². The molecule has 0 aromatic heterocycles. The highest BCUT2D eigenvalue weighted by Gasteiger charge is 2.30. The molecular weight excluding hydrogens is 1150 g/mol. The molecule has 8 atom stereocenters. The predicted molar refractivity (Wildman–Crippen MR) is 349 cm³/mol. The van der Waals surface area contributed by atoms with Crippen molar-refractivity contribution in [1.29, 1.82) is 0 Å². The van der Waals surface area contributed by atoms with Crippen molar-refractivity contribution < 1.29 is 80.2 Å². The first-order chi connectivity index (χ1) is 41.7. The van der Waals surface area contributed by atoms with Crippen molar-refractivity contribution in [2.24, 2.45) is 23.7 Å². The van der Waals surface area contributed by atoms with E-state index in [0.717, 1.165) is 120 Å². The van der Waals surface area contributed by atoms with Gasteiger partial charge in [0.2, 0.25) is 0 Å². The molecule has 516 valence electrons. The second-order valence-corrected chi connectivity index (χ2v) is 28.7. The van der Waals surface area contributed by atoms with E-state index in [2.05, 4.69) is 55.4 Å². The zero-order valence-corrected chi connectivity index (χ0v) is 58.4. The number of esters is 4. The number of ether oxygens (including phenoxy) is 4. The lowest BCUT2D eigenvalue weighted by atomic mass is 9.99.